The van der Waals surface area contributed by atoms with Crippen molar-refractivity contribution in [1.29, 1.82) is 0 Å². The molecule has 135 heavy (non-hydrogen) atoms. The van der Waals surface area contributed by atoms with Crippen LogP contribution in [0.3, 0.4) is 0 Å². The van der Waals surface area contributed by atoms with Gasteiger partial charge in [-0.25, -0.2) is 0 Å². The molecule has 0 atom stereocenters. The normalized spacial score (nSPS) is 14.1. The summed E-state index contributed by atoms with van der Waals surface area (Å²) in [6, 6.07) is 83.2. The van der Waals surface area contributed by atoms with Crippen LogP contribution in [0.15, 0.2) is 206 Å². The average molecular weight is 1790 g/mol. The first-order valence-electron chi connectivity index (χ1n) is 49.8. The lowest BCUT2D eigenvalue weighted by Gasteiger charge is -2.47. The van der Waals surface area contributed by atoms with E-state index >= 15 is 0 Å². The highest BCUT2D eigenvalue weighted by molar-refractivity contribution is 7.00. The summed E-state index contributed by atoms with van der Waals surface area (Å²) in [6.45, 7) is 91.2. The van der Waals surface area contributed by atoms with Gasteiger partial charge in [0, 0.05) is 145 Å². The van der Waals surface area contributed by atoms with Gasteiger partial charge in [-0.05, 0) is 262 Å². The fourth-order valence-electron chi connectivity index (χ4n) is 20.0. The summed E-state index contributed by atoms with van der Waals surface area (Å²) in [5, 5.41) is 4.97. The fraction of sp³-hybridized carbons (Fsp3) is 0.413. The zero-order valence-corrected chi connectivity index (χ0v) is 89.3. The molecule has 15 aromatic rings. The Hall–Kier alpha value is -11.2. The first-order valence-corrected chi connectivity index (χ1v) is 49.8. The molecule has 0 saturated carbocycles. The average Bonchev–Trinajstić information content (AvgIpc) is 1.40. The zero-order valence-electron chi connectivity index (χ0n) is 89.3. The van der Waals surface area contributed by atoms with Gasteiger partial charge < -0.3 is 18.9 Å². The maximum Gasteiger partial charge on any atom is 0.252 e. The van der Waals surface area contributed by atoms with Crippen molar-refractivity contribution in [2.75, 3.05) is 9.80 Å². The van der Waals surface area contributed by atoms with Crippen molar-refractivity contribution >= 4 is 101 Å². The van der Waals surface area contributed by atoms with Gasteiger partial charge in [0.25, 0.3) is 6.71 Å². The van der Waals surface area contributed by atoms with Crippen molar-refractivity contribution in [3.05, 3.63) is 279 Å². The minimum absolute atomic E-state index is 0.105. The monoisotopic (exact) mass is 1790 g/mol. The van der Waals surface area contributed by atoms with Crippen molar-refractivity contribution in [3.63, 3.8) is 0 Å². The highest BCUT2D eigenvalue weighted by Gasteiger charge is 2.48. The molecule has 0 N–H and O–H groups in total. The van der Waals surface area contributed by atoms with Crippen molar-refractivity contribution < 1.29 is 0 Å². The summed E-state index contributed by atoms with van der Waals surface area (Å²) in [6.07, 6.45) is 0. The Morgan fingerprint density at radius 2 is 0.467 bits per heavy atom. The topological polar surface area (TPSA) is 67.9 Å². The molecular formula is C126H151BN8. The van der Waals surface area contributed by atoms with Crippen molar-refractivity contribution in [2.45, 2.75) is 340 Å². The number of benzene rings is 9. The Labute approximate surface area is 810 Å². The smallest absolute Gasteiger partial charge is 0.252 e. The Morgan fingerprint density at radius 3 is 0.733 bits per heavy atom. The number of rotatable bonds is 8. The maximum atomic E-state index is 5.98. The van der Waals surface area contributed by atoms with E-state index in [0.29, 0.717) is 0 Å². The SMILES string of the molecule is CC(C)(C)c1cc(-c2cc(C(C)(C)C)nc(C(C)(C)C)c2)c(N2c3cc(-n4c5ccc(C(C)(C)C)cc5c5cc(C(C)(C)C)ccc54)ccc3B3c4ccc(-n5c6ccc(C(C)(C)C)cc6c6cc(C(C)(C)C)ccc65)cc4N(c4c(-c5cccc(C(C)(C)C)n5)cc(C(C)(C)C)cc4-c4cccc(C(C)(C)C)n4)c4cc(C(C)(C)C)cc2c43)c(-c2cc(C(C)(C)C)nc(C(C)(C)C)c2)c1. The second kappa shape index (κ2) is 31.7. The molecule has 9 aromatic carbocycles. The molecule has 0 bridgehead atoms. The molecule has 6 aromatic heterocycles. The number of hydrogen-bond acceptors (Lipinski definition) is 6. The third kappa shape index (κ3) is 17.4. The van der Waals surface area contributed by atoms with Crippen LogP contribution in [0.25, 0.3) is 99.8 Å². The summed E-state index contributed by atoms with van der Waals surface area (Å²) >= 11 is 0. The molecule has 0 fully saturated rings. The number of nitrogens with zero attached hydrogens (tertiary/aromatic N) is 8. The van der Waals surface area contributed by atoms with Crippen LogP contribution in [0.2, 0.25) is 0 Å². The highest BCUT2D eigenvalue weighted by Crippen LogP contribution is 2.58. The van der Waals surface area contributed by atoms with Crippen LogP contribution < -0.4 is 26.2 Å². The van der Waals surface area contributed by atoms with Gasteiger partial charge in [0.2, 0.25) is 0 Å². The second-order valence-corrected chi connectivity index (χ2v) is 53.3. The minimum Gasteiger partial charge on any atom is -0.310 e. The van der Waals surface area contributed by atoms with Gasteiger partial charge in [0.15, 0.2) is 0 Å². The molecular weight excluding hydrogens is 1640 g/mol. The van der Waals surface area contributed by atoms with E-state index in [0.717, 1.165) is 146 Å². The largest absolute Gasteiger partial charge is 0.310 e. The van der Waals surface area contributed by atoms with Crippen LogP contribution in [0.5, 0.6) is 0 Å². The van der Waals surface area contributed by atoms with Gasteiger partial charge in [-0.3, -0.25) is 19.9 Å². The molecule has 698 valence electrons. The summed E-state index contributed by atoms with van der Waals surface area (Å²) in [5.74, 6) is 0. The van der Waals surface area contributed by atoms with E-state index in [1.54, 1.807) is 0 Å². The molecule has 2 aliphatic heterocycles. The van der Waals surface area contributed by atoms with E-state index in [9.17, 15) is 0 Å². The number of anilines is 6. The molecule has 0 saturated heterocycles. The Balaban J connectivity index is 1.14. The van der Waals surface area contributed by atoms with Crippen molar-refractivity contribution in [2.24, 2.45) is 0 Å². The predicted molar refractivity (Wildman–Crippen MR) is 585 cm³/mol. The van der Waals surface area contributed by atoms with E-state index in [4.69, 9.17) is 19.9 Å². The summed E-state index contributed by atoms with van der Waals surface area (Å²) in [5.41, 5.74) is 36.7. The lowest BCUT2D eigenvalue weighted by atomic mass is 9.33. The van der Waals surface area contributed by atoms with Crippen LogP contribution in [0.4, 0.5) is 34.1 Å². The number of pyridine rings is 4. The van der Waals surface area contributed by atoms with Gasteiger partial charge in [0.1, 0.15) is 0 Å². The standard InChI is InChI=1S/C126H151BN8/c1-114(2,3)76-46-54-97-87(62-76)88-63-77(115(4,5)6)47-55-98(88)132(97)83-50-52-93-101(72-83)134(112-85(74-58-107(123(28,29)30)130-108(59-74)124(31,32)33)66-80(118(13,14)15)67-86(112)75-60-109(125(34,35)36)131-110(61-75)126(37,38)39)103-70-82(120(19,20)21)71-104-111(103)127(93)94-53-51-84(133-99-56-48-78(116(7,8)9)64-89(99)90-65-79(117(10,11)12)49-57-100(90)133)73-102(94)135(104)113-91(95-42-40-44-105(128-95)121(22,23)24)68-81(119(16,17)18)69-92(113)96-43-41-45-106(129-96)122(25,26)27/h40-73H,1-39H3. The lowest BCUT2D eigenvalue weighted by molar-refractivity contribution is 0.531. The van der Waals surface area contributed by atoms with E-state index < -0.39 is 5.41 Å². The third-order valence-electron chi connectivity index (χ3n) is 28.7. The molecule has 0 radical (unpaired) electrons. The van der Waals surface area contributed by atoms with Gasteiger partial charge >= 0.3 is 0 Å². The minimum atomic E-state index is -0.457. The molecule has 9 heteroatoms. The lowest BCUT2D eigenvalue weighted by Crippen LogP contribution is -2.61. The van der Waals surface area contributed by atoms with Crippen LogP contribution in [-0.4, -0.2) is 35.8 Å². The highest BCUT2D eigenvalue weighted by atomic mass is 15.2. The van der Waals surface area contributed by atoms with Crippen LogP contribution in [0, 0.1) is 0 Å². The molecule has 0 amide bonds. The van der Waals surface area contributed by atoms with E-state index in [1.807, 2.05) is 0 Å². The van der Waals surface area contributed by atoms with Gasteiger partial charge in [-0.15, -0.1) is 0 Å². The van der Waals surface area contributed by atoms with Crippen LogP contribution >= 0.6 is 0 Å². The molecule has 8 heterocycles. The first-order chi connectivity index (χ1) is 62.1. The van der Waals surface area contributed by atoms with Gasteiger partial charge in [-0.1, -0.05) is 319 Å². The van der Waals surface area contributed by atoms with Crippen molar-refractivity contribution in [1.82, 2.24) is 29.1 Å². The molecule has 0 aliphatic carbocycles. The summed E-state index contributed by atoms with van der Waals surface area (Å²) in [4.78, 5) is 29.0. The van der Waals surface area contributed by atoms with Gasteiger partial charge in [0.05, 0.1) is 44.8 Å². The predicted octanol–water partition coefficient (Wildman–Crippen LogP) is 33.1. The number of fused-ring (bicyclic) bond motifs is 10. The van der Waals surface area contributed by atoms with Crippen molar-refractivity contribution in [3.8, 4) is 56.1 Å². The zero-order chi connectivity index (χ0) is 98.4. The Morgan fingerprint density at radius 1 is 0.207 bits per heavy atom. The Kier molecular flexibility index (Phi) is 22.4. The van der Waals surface area contributed by atoms with Gasteiger partial charge in [-0.2, -0.15) is 0 Å². The van der Waals surface area contributed by atoms with E-state index in [-0.39, 0.29) is 71.7 Å². The van der Waals surface area contributed by atoms with Crippen LogP contribution in [-0.2, 0) is 70.4 Å². The fourth-order valence-corrected chi connectivity index (χ4v) is 20.0. The molecule has 0 unspecified atom stereocenters. The first kappa shape index (κ1) is 95.6. The third-order valence-corrected chi connectivity index (χ3v) is 28.7. The maximum absolute atomic E-state index is 5.98. The molecule has 0 spiro atoms. The second-order valence-electron chi connectivity index (χ2n) is 53.3. The number of aromatic nitrogens is 6. The summed E-state index contributed by atoms with van der Waals surface area (Å²) < 4.78 is 5.18. The molecule has 2 aliphatic rings. The number of hydrogen-bond donors (Lipinski definition) is 0. The quantitative estimate of drug-likeness (QED) is 0.141. The van der Waals surface area contributed by atoms with E-state index in [2.05, 4.69) is 495 Å². The molecule has 8 nitrogen and oxygen atoms in total. The Bertz CT molecular complexity index is 6930. The molecule has 17 rings (SSSR count). The van der Waals surface area contributed by atoms with Crippen LogP contribution in [0.1, 0.15) is 343 Å². The van der Waals surface area contributed by atoms with E-state index in [1.165, 1.54) is 76.9 Å². The summed E-state index contributed by atoms with van der Waals surface area (Å²) in [7, 11) is 0.